The number of carbonyl (C=O) groups is 1. The summed E-state index contributed by atoms with van der Waals surface area (Å²) in [5.74, 6) is -1.36. The molecule has 0 amide bonds. The van der Waals surface area contributed by atoms with Crippen molar-refractivity contribution in [2.75, 3.05) is 6.54 Å². The van der Waals surface area contributed by atoms with E-state index < -0.39 is 16.6 Å². The number of rotatable bonds is 6. The van der Waals surface area contributed by atoms with Gasteiger partial charge in [-0.2, -0.15) is 0 Å². The van der Waals surface area contributed by atoms with E-state index in [1.807, 2.05) is 0 Å². The van der Waals surface area contributed by atoms with Gasteiger partial charge in [-0.05, 0) is 12.8 Å². The van der Waals surface area contributed by atoms with Crippen molar-refractivity contribution < 1.29 is 14.8 Å². The Bertz CT molecular complexity index is 225. The number of carboxylic acid groups (broad SMARTS) is 1. The lowest BCUT2D eigenvalue weighted by molar-refractivity contribution is -0.480. The molecule has 1 N–H and O–H groups in total. The maximum absolute atomic E-state index is 10.2. The first kappa shape index (κ1) is 11.3. The van der Waals surface area contributed by atoms with Crippen molar-refractivity contribution in [3.05, 3.63) is 15.3 Å². The van der Waals surface area contributed by atoms with Crippen molar-refractivity contribution >= 4 is 11.7 Å². The Labute approximate surface area is 73.8 Å². The third kappa shape index (κ3) is 5.59. The third-order valence-corrected chi connectivity index (χ3v) is 1.36. The lowest BCUT2D eigenvalue weighted by Crippen LogP contribution is -2.13. The number of hydrogen-bond acceptors (Lipinski definition) is 5. The Morgan fingerprint density at radius 2 is 2.08 bits per heavy atom. The summed E-state index contributed by atoms with van der Waals surface area (Å²) in [4.78, 5) is 19.5. The maximum Gasteiger partial charge on any atom is 0.349 e. The molecule has 0 heterocycles. The molecule has 0 fully saturated rings. The van der Waals surface area contributed by atoms with Crippen LogP contribution in [0.5, 0.6) is 0 Å². The van der Waals surface area contributed by atoms with Crippen molar-refractivity contribution in [3.8, 4) is 0 Å². The van der Waals surface area contributed by atoms with Crippen LogP contribution in [0, 0.1) is 15.3 Å². The summed E-state index contributed by atoms with van der Waals surface area (Å²) in [7, 11) is 0. The summed E-state index contributed by atoms with van der Waals surface area (Å²) >= 11 is 0. The highest BCUT2D eigenvalue weighted by Crippen LogP contribution is 1.98. The molecule has 13 heavy (non-hydrogen) atoms. The molecular weight excluding hydrogens is 180 g/mol. The van der Waals surface area contributed by atoms with Crippen LogP contribution >= 0.6 is 0 Å². The lowest BCUT2D eigenvalue weighted by Gasteiger charge is -2.01. The minimum Gasteiger partial charge on any atom is -0.792 e. The molecule has 0 aromatic carbocycles. The van der Waals surface area contributed by atoms with E-state index in [0.29, 0.717) is 0 Å². The second-order valence-electron chi connectivity index (χ2n) is 2.36. The first-order valence-corrected chi connectivity index (χ1v) is 3.62. The van der Waals surface area contributed by atoms with Gasteiger partial charge in [0.25, 0.3) is 0 Å². The summed E-state index contributed by atoms with van der Waals surface area (Å²) in [6.45, 7) is -0.217. The van der Waals surface area contributed by atoms with Crippen molar-refractivity contribution in [2.24, 2.45) is 5.16 Å². The van der Waals surface area contributed by atoms with Crippen LogP contribution in [0.4, 0.5) is 0 Å². The van der Waals surface area contributed by atoms with Gasteiger partial charge in [0, 0.05) is 11.3 Å². The van der Waals surface area contributed by atoms with E-state index in [-0.39, 0.29) is 25.8 Å². The Hall–Kier alpha value is -1.66. The lowest BCUT2D eigenvalue weighted by atomic mass is 10.2. The number of aliphatic carboxylic acids is 1. The van der Waals surface area contributed by atoms with Gasteiger partial charge in [-0.25, -0.2) is 4.79 Å². The van der Waals surface area contributed by atoms with E-state index in [9.17, 15) is 20.1 Å². The van der Waals surface area contributed by atoms with Gasteiger partial charge in [0.15, 0.2) is 0 Å². The highest BCUT2D eigenvalue weighted by molar-refractivity contribution is 6.35. The Kier molecular flexibility index (Phi) is 5.17. The van der Waals surface area contributed by atoms with Crippen molar-refractivity contribution in [3.63, 3.8) is 0 Å². The van der Waals surface area contributed by atoms with Gasteiger partial charge in [-0.15, -0.1) is 0 Å². The molecule has 0 aromatic heterocycles. The molecule has 0 radical (unpaired) electrons. The van der Waals surface area contributed by atoms with Crippen molar-refractivity contribution in [2.45, 2.75) is 19.3 Å². The van der Waals surface area contributed by atoms with Crippen LogP contribution in [-0.2, 0) is 4.79 Å². The van der Waals surface area contributed by atoms with E-state index in [2.05, 4.69) is 5.16 Å². The fraction of sp³-hybridized carbons (Fsp3) is 0.667. The summed E-state index contributed by atoms with van der Waals surface area (Å²) in [5, 5.41) is 30.3. The molecule has 0 atom stereocenters. The van der Waals surface area contributed by atoms with Crippen LogP contribution in [0.1, 0.15) is 19.3 Å². The Balaban J connectivity index is 3.63. The largest absolute Gasteiger partial charge is 0.792 e. The molecule has 0 spiro atoms. The van der Waals surface area contributed by atoms with E-state index >= 15 is 0 Å². The molecule has 0 unspecified atom stereocenters. The number of unbranched alkanes of at least 4 members (excludes halogenated alkanes) is 1. The second kappa shape index (κ2) is 5.92. The Morgan fingerprint density at radius 1 is 1.46 bits per heavy atom. The maximum atomic E-state index is 10.2. The minimum absolute atomic E-state index is 0.0212. The smallest absolute Gasteiger partial charge is 0.349 e. The fourth-order valence-corrected chi connectivity index (χ4v) is 0.725. The monoisotopic (exact) mass is 189 g/mol. The standard InChI is InChI=1S/C6H10N2O5/c9-6(10)5(7-11)3-1-2-4-8(12)13/h11H,1-4H2,(H,9,10)/p-1. The van der Waals surface area contributed by atoms with Crippen LogP contribution in [-0.4, -0.2) is 28.3 Å². The molecule has 74 valence electrons. The zero-order valence-corrected chi connectivity index (χ0v) is 6.80. The predicted molar refractivity (Wildman–Crippen MR) is 44.2 cm³/mol. The van der Waals surface area contributed by atoms with Crippen LogP contribution < -0.4 is 0 Å². The minimum atomic E-state index is -1.36. The first-order valence-electron chi connectivity index (χ1n) is 3.62. The topological polar surface area (TPSA) is 116 Å². The van der Waals surface area contributed by atoms with Gasteiger partial charge in [0.1, 0.15) is 5.71 Å². The first-order chi connectivity index (χ1) is 6.07. The summed E-state index contributed by atoms with van der Waals surface area (Å²) < 4.78 is 0. The number of carboxylic acids is 1. The van der Waals surface area contributed by atoms with Crippen LogP contribution in [0.2, 0.25) is 0 Å². The van der Waals surface area contributed by atoms with E-state index in [0.717, 1.165) is 0 Å². The zero-order valence-electron chi connectivity index (χ0n) is 6.80. The predicted octanol–water partition coefficient (Wildman–Crippen LogP) is 0.457. The molecule has 0 aliphatic heterocycles. The SMILES string of the molecule is O=C(O)C(CCCC[N+](=O)[O-])=N[O-]. The average molecular weight is 189 g/mol. The molecule has 0 saturated heterocycles. The van der Waals surface area contributed by atoms with Gasteiger partial charge < -0.3 is 15.5 Å². The van der Waals surface area contributed by atoms with Gasteiger partial charge in [-0.1, -0.05) is 0 Å². The molecular formula is C6H9N2O5-. The Morgan fingerprint density at radius 3 is 2.46 bits per heavy atom. The molecule has 0 aliphatic rings. The quantitative estimate of drug-likeness (QED) is 0.282. The average Bonchev–Trinajstić information content (AvgIpc) is 2.03. The van der Waals surface area contributed by atoms with Gasteiger partial charge >= 0.3 is 5.97 Å². The summed E-state index contributed by atoms with van der Waals surface area (Å²) in [5.41, 5.74) is -0.483. The summed E-state index contributed by atoms with van der Waals surface area (Å²) in [6, 6.07) is 0. The molecule has 0 saturated carbocycles. The van der Waals surface area contributed by atoms with Crippen LogP contribution in [0.15, 0.2) is 5.16 Å². The molecule has 0 aliphatic carbocycles. The highest BCUT2D eigenvalue weighted by Gasteiger charge is 2.07. The normalized spacial score (nSPS) is 11.2. The molecule has 0 aromatic rings. The number of hydrogen-bond donors (Lipinski definition) is 1. The zero-order chi connectivity index (χ0) is 10.3. The third-order valence-electron chi connectivity index (χ3n) is 1.36. The highest BCUT2D eigenvalue weighted by atomic mass is 16.6. The van der Waals surface area contributed by atoms with Crippen molar-refractivity contribution in [1.82, 2.24) is 0 Å². The van der Waals surface area contributed by atoms with E-state index in [1.54, 1.807) is 0 Å². The molecule has 0 bridgehead atoms. The van der Waals surface area contributed by atoms with E-state index in [1.165, 1.54) is 0 Å². The second-order valence-corrected chi connectivity index (χ2v) is 2.36. The van der Waals surface area contributed by atoms with Crippen molar-refractivity contribution in [1.29, 1.82) is 0 Å². The number of nitrogens with zero attached hydrogens (tertiary/aromatic N) is 2. The van der Waals surface area contributed by atoms with Gasteiger partial charge in [0.2, 0.25) is 6.54 Å². The molecule has 7 nitrogen and oxygen atoms in total. The fourth-order valence-electron chi connectivity index (χ4n) is 0.725. The van der Waals surface area contributed by atoms with E-state index in [4.69, 9.17) is 5.11 Å². The molecule has 7 heteroatoms. The molecule has 0 rings (SSSR count). The van der Waals surface area contributed by atoms with Crippen LogP contribution in [0.25, 0.3) is 0 Å². The van der Waals surface area contributed by atoms with Gasteiger partial charge in [0.05, 0.1) is 0 Å². The van der Waals surface area contributed by atoms with Gasteiger partial charge in [-0.3, -0.25) is 10.1 Å². The van der Waals surface area contributed by atoms with Crippen LogP contribution in [0.3, 0.4) is 0 Å². The summed E-state index contributed by atoms with van der Waals surface area (Å²) in [6.07, 6.45) is 0.514. The number of nitro groups is 1.